The fraction of sp³-hybridized carbons (Fsp3) is 0.643. The summed E-state index contributed by atoms with van der Waals surface area (Å²) in [6, 6.07) is 0. The van der Waals surface area contributed by atoms with Crippen molar-refractivity contribution in [2.24, 2.45) is 0 Å². The molecule has 0 saturated carbocycles. The van der Waals surface area contributed by atoms with Gasteiger partial charge in [-0.3, -0.25) is 0 Å². The Balaban J connectivity index is 0.000000326. The number of hydrogen-bond donors (Lipinski definition) is 1. The molecule has 0 bridgehead atoms. The summed E-state index contributed by atoms with van der Waals surface area (Å²) in [5.41, 5.74) is 2.33. The van der Waals surface area contributed by atoms with Crippen LogP contribution in [0.25, 0.3) is 0 Å². The Kier molecular flexibility index (Phi) is 16.7. The number of esters is 1. The van der Waals surface area contributed by atoms with Crippen LogP contribution >= 0.6 is 81.8 Å². The quantitative estimate of drug-likeness (QED) is 0.178. The molecule has 0 fully saturated rings. The van der Waals surface area contributed by atoms with Crippen LogP contribution in [0.4, 0.5) is 0 Å². The molecule has 238 valence electrons. The van der Waals surface area contributed by atoms with Gasteiger partial charge in [0.05, 0.1) is 31.7 Å². The van der Waals surface area contributed by atoms with E-state index in [1.165, 1.54) is 28.2 Å². The van der Waals surface area contributed by atoms with Gasteiger partial charge in [0.25, 0.3) is 0 Å². The predicted molar refractivity (Wildman–Crippen MR) is 191 cm³/mol. The van der Waals surface area contributed by atoms with Crippen LogP contribution in [0.15, 0.2) is 11.8 Å². The van der Waals surface area contributed by atoms with Gasteiger partial charge in [-0.15, -0.1) is 34.0 Å². The zero-order valence-electron chi connectivity index (χ0n) is 26.5. The second-order valence-corrected chi connectivity index (χ2v) is 23.6. The molecule has 1 N–H and O–H groups in total. The lowest BCUT2D eigenvalue weighted by atomic mass is 10.1. The Morgan fingerprint density at radius 1 is 0.810 bits per heavy atom. The summed E-state index contributed by atoms with van der Waals surface area (Å²) in [6.45, 7) is 24.7. The molecule has 3 aromatic rings. The van der Waals surface area contributed by atoms with Crippen LogP contribution in [0.3, 0.4) is 0 Å². The molecule has 0 radical (unpaired) electrons. The topological polar surface area (TPSA) is 94.4 Å². The average Bonchev–Trinajstić information content (AvgIpc) is 3.58. The first-order valence-corrected chi connectivity index (χ1v) is 21.3. The summed E-state index contributed by atoms with van der Waals surface area (Å²) in [6.07, 6.45) is 0. The molecule has 0 aromatic carbocycles. The van der Waals surface area contributed by atoms with E-state index in [-0.39, 0.29) is 23.5 Å². The lowest BCUT2D eigenvalue weighted by Crippen LogP contribution is -2.40. The van der Waals surface area contributed by atoms with Crippen molar-refractivity contribution in [2.45, 2.75) is 111 Å². The molecule has 42 heavy (non-hydrogen) atoms. The number of aliphatic hydroxyl groups excluding tert-OH is 1. The second kappa shape index (κ2) is 17.6. The van der Waals surface area contributed by atoms with Gasteiger partial charge in [-0.25, -0.2) is 19.7 Å². The van der Waals surface area contributed by atoms with Gasteiger partial charge in [-0.1, -0.05) is 62.3 Å². The number of hydrogen-bond acceptors (Lipinski definition) is 10. The maximum absolute atomic E-state index is 11.3. The maximum Gasteiger partial charge on any atom is 0.357 e. The Hall–Kier alpha value is -0.0631. The SMILES string of the molecule is CC(C)c1sc(Br)nc1CO.CC(C)c1sc(Br)nc1CO[Si](C)(C)C(C)(C)C.COC(=O)c1nc(Br)sc1C(C)C. The van der Waals surface area contributed by atoms with E-state index < -0.39 is 8.32 Å². The molecule has 0 amide bonds. The third-order valence-electron chi connectivity index (χ3n) is 6.51. The van der Waals surface area contributed by atoms with E-state index in [2.05, 4.69) is 129 Å². The van der Waals surface area contributed by atoms with Gasteiger partial charge >= 0.3 is 5.97 Å². The summed E-state index contributed by atoms with van der Waals surface area (Å²) in [5, 5.41) is 9.15. The van der Waals surface area contributed by atoms with E-state index in [0.717, 1.165) is 28.0 Å². The molecule has 0 aliphatic rings. The highest BCUT2D eigenvalue weighted by molar-refractivity contribution is 9.11. The van der Waals surface area contributed by atoms with Gasteiger partial charge in [-0.05, 0) is 83.7 Å². The number of nitrogens with zero attached hydrogens (tertiary/aromatic N) is 3. The predicted octanol–water partition coefficient (Wildman–Crippen LogP) is 10.9. The first kappa shape index (κ1) is 40.0. The molecular weight excluding hydrogens is 806 g/mol. The van der Waals surface area contributed by atoms with Crippen LogP contribution in [0.2, 0.25) is 18.1 Å². The molecular formula is C28H44Br3N3O4S3Si. The molecule has 3 rings (SSSR count). The molecule has 3 heterocycles. The van der Waals surface area contributed by atoms with Crippen molar-refractivity contribution < 1.29 is 19.1 Å². The molecule has 0 spiro atoms. The lowest BCUT2D eigenvalue weighted by molar-refractivity contribution is 0.0593. The zero-order chi connectivity index (χ0) is 32.6. The zero-order valence-corrected chi connectivity index (χ0v) is 34.7. The van der Waals surface area contributed by atoms with E-state index in [1.54, 1.807) is 22.7 Å². The summed E-state index contributed by atoms with van der Waals surface area (Å²) < 4.78 is 13.4. The highest BCUT2D eigenvalue weighted by Gasteiger charge is 2.37. The Labute approximate surface area is 289 Å². The van der Waals surface area contributed by atoms with Crippen LogP contribution in [0, 0.1) is 0 Å². The minimum Gasteiger partial charge on any atom is -0.464 e. The van der Waals surface area contributed by atoms with Crippen LogP contribution in [-0.2, 0) is 22.4 Å². The summed E-state index contributed by atoms with van der Waals surface area (Å²) in [5.74, 6) is 0.872. The first-order chi connectivity index (χ1) is 19.2. The van der Waals surface area contributed by atoms with E-state index in [0.29, 0.717) is 24.1 Å². The van der Waals surface area contributed by atoms with E-state index in [9.17, 15) is 4.79 Å². The largest absolute Gasteiger partial charge is 0.464 e. The van der Waals surface area contributed by atoms with Crippen molar-refractivity contribution in [3.63, 3.8) is 0 Å². The van der Waals surface area contributed by atoms with Crippen LogP contribution in [0.5, 0.6) is 0 Å². The standard InChI is InChI=1S/C13H24BrNOSSi.C8H10BrNO2S.C7H10BrNOS/c1-9(2)11-10(15-12(14)17-11)8-16-18(6,7)13(3,4)5;1-4(2)6-5(7(11)12-3)10-8(9)13-6;1-4(2)6-5(3-10)9-7(8)11-6/h9H,8H2,1-7H3;4H,1-3H3;4,10H,3H2,1-2H3. The normalized spacial score (nSPS) is 11.9. The van der Waals surface area contributed by atoms with Gasteiger partial charge in [-0.2, -0.15) is 0 Å². The van der Waals surface area contributed by atoms with Gasteiger partial charge in [0.2, 0.25) is 0 Å². The Morgan fingerprint density at radius 2 is 1.21 bits per heavy atom. The first-order valence-electron chi connectivity index (χ1n) is 13.5. The Morgan fingerprint density at radius 3 is 1.60 bits per heavy atom. The third-order valence-corrected chi connectivity index (χ3v) is 16.5. The van der Waals surface area contributed by atoms with E-state index >= 15 is 0 Å². The number of carbonyl (C=O) groups is 1. The van der Waals surface area contributed by atoms with Crippen molar-refractivity contribution in [2.75, 3.05) is 7.11 Å². The summed E-state index contributed by atoms with van der Waals surface area (Å²) in [4.78, 5) is 27.5. The molecule has 14 heteroatoms. The van der Waals surface area contributed by atoms with Crippen molar-refractivity contribution in [1.29, 1.82) is 0 Å². The summed E-state index contributed by atoms with van der Waals surface area (Å²) in [7, 11) is -0.326. The average molecular weight is 851 g/mol. The van der Waals surface area contributed by atoms with Gasteiger partial charge in [0.1, 0.15) is 0 Å². The Bertz CT molecular complexity index is 1290. The minimum absolute atomic E-state index is 0.0373. The molecule has 7 nitrogen and oxygen atoms in total. The van der Waals surface area contributed by atoms with E-state index in [4.69, 9.17) is 9.53 Å². The maximum atomic E-state index is 11.3. The molecule has 0 aliphatic heterocycles. The highest BCUT2D eigenvalue weighted by Crippen LogP contribution is 2.38. The van der Waals surface area contributed by atoms with Crippen molar-refractivity contribution in [3.8, 4) is 0 Å². The monoisotopic (exact) mass is 847 g/mol. The second-order valence-electron chi connectivity index (χ2n) is 11.9. The highest BCUT2D eigenvalue weighted by atomic mass is 79.9. The van der Waals surface area contributed by atoms with Gasteiger partial charge < -0.3 is 14.3 Å². The number of thiazole rings is 3. The summed E-state index contributed by atoms with van der Waals surface area (Å²) >= 11 is 14.8. The van der Waals surface area contributed by atoms with Crippen LogP contribution in [0.1, 0.15) is 117 Å². The molecule has 0 atom stereocenters. The minimum atomic E-state index is -1.69. The molecule has 0 saturated heterocycles. The molecule has 0 aliphatic carbocycles. The van der Waals surface area contributed by atoms with Crippen molar-refractivity contribution >= 4 is 96.1 Å². The van der Waals surface area contributed by atoms with Crippen molar-refractivity contribution in [1.82, 2.24) is 15.0 Å². The molecule has 0 unspecified atom stereocenters. The lowest BCUT2D eigenvalue weighted by Gasteiger charge is -2.36. The van der Waals surface area contributed by atoms with Gasteiger partial charge in [0, 0.05) is 14.6 Å². The van der Waals surface area contributed by atoms with Crippen LogP contribution < -0.4 is 0 Å². The number of methoxy groups -OCH3 is 1. The number of carbonyl (C=O) groups excluding carboxylic acids is 1. The fourth-order valence-electron chi connectivity index (χ4n) is 3.19. The third kappa shape index (κ3) is 12.0. The van der Waals surface area contributed by atoms with E-state index in [1.807, 2.05) is 13.8 Å². The molecule has 3 aromatic heterocycles. The fourth-order valence-corrected chi connectivity index (χ4v) is 8.67. The number of aromatic nitrogens is 3. The van der Waals surface area contributed by atoms with Gasteiger partial charge in [0.15, 0.2) is 25.8 Å². The number of aliphatic hydroxyl groups is 1. The number of ether oxygens (including phenoxy) is 1. The smallest absolute Gasteiger partial charge is 0.357 e. The van der Waals surface area contributed by atoms with Crippen molar-refractivity contribution in [3.05, 3.63) is 43.5 Å². The number of halogens is 3. The van der Waals surface area contributed by atoms with Crippen LogP contribution in [-0.4, -0.2) is 41.5 Å². The number of rotatable bonds is 8.